The number of rotatable bonds is 8. The van der Waals surface area contributed by atoms with Crippen molar-refractivity contribution in [1.29, 1.82) is 0 Å². The van der Waals surface area contributed by atoms with E-state index < -0.39 is 0 Å². The molecule has 0 bridgehead atoms. The maximum Gasteiger partial charge on any atom is 0.225 e. The molecule has 6 nitrogen and oxygen atoms in total. The molecule has 0 aliphatic rings. The molecule has 0 atom stereocenters. The van der Waals surface area contributed by atoms with Crippen molar-refractivity contribution in [3.05, 3.63) is 77.7 Å². The van der Waals surface area contributed by atoms with Crippen LogP contribution in [0.3, 0.4) is 0 Å². The van der Waals surface area contributed by atoms with Crippen LogP contribution in [-0.2, 0) is 17.8 Å². The van der Waals surface area contributed by atoms with Crippen molar-refractivity contribution in [2.75, 3.05) is 5.32 Å². The standard InChI is InChI=1S/C22H20N4O2S/c27-20(8-3-9-21-25-17-5-1-2-7-19(17)29-21)26-22-18(6-4-12-24-22)28-15-16-10-13-23-14-11-16/h1-2,4-7,10-14H,3,8-9,15H2,(H,24,26,27). The number of anilines is 1. The molecule has 0 fully saturated rings. The zero-order chi connectivity index (χ0) is 19.9. The van der Waals surface area contributed by atoms with E-state index in [9.17, 15) is 4.79 Å². The number of benzene rings is 1. The van der Waals surface area contributed by atoms with Gasteiger partial charge in [0.2, 0.25) is 5.91 Å². The lowest BCUT2D eigenvalue weighted by Crippen LogP contribution is -2.13. The Kier molecular flexibility index (Phi) is 6.07. The number of para-hydroxylation sites is 1. The molecule has 1 aromatic carbocycles. The number of thiazole rings is 1. The minimum Gasteiger partial charge on any atom is -0.485 e. The number of hydrogen-bond donors (Lipinski definition) is 1. The molecule has 1 amide bonds. The van der Waals surface area contributed by atoms with Gasteiger partial charge in [-0.1, -0.05) is 12.1 Å². The monoisotopic (exact) mass is 404 g/mol. The number of pyridine rings is 2. The number of aromatic nitrogens is 3. The van der Waals surface area contributed by atoms with Crippen LogP contribution >= 0.6 is 11.3 Å². The third-order valence-corrected chi connectivity index (χ3v) is 5.40. The first-order valence-electron chi connectivity index (χ1n) is 9.39. The summed E-state index contributed by atoms with van der Waals surface area (Å²) in [6.07, 6.45) is 6.98. The largest absolute Gasteiger partial charge is 0.485 e. The van der Waals surface area contributed by atoms with Crippen LogP contribution in [0.5, 0.6) is 5.75 Å². The van der Waals surface area contributed by atoms with E-state index in [1.807, 2.05) is 30.3 Å². The van der Waals surface area contributed by atoms with Gasteiger partial charge in [0.25, 0.3) is 0 Å². The molecule has 1 N–H and O–H groups in total. The van der Waals surface area contributed by atoms with Gasteiger partial charge < -0.3 is 10.1 Å². The van der Waals surface area contributed by atoms with E-state index >= 15 is 0 Å². The van der Waals surface area contributed by atoms with E-state index in [0.29, 0.717) is 24.6 Å². The van der Waals surface area contributed by atoms with Crippen LogP contribution in [0.15, 0.2) is 67.1 Å². The Morgan fingerprint density at radius 3 is 2.76 bits per heavy atom. The number of nitrogens with one attached hydrogen (secondary N) is 1. The topological polar surface area (TPSA) is 77.0 Å². The summed E-state index contributed by atoms with van der Waals surface area (Å²) >= 11 is 1.68. The van der Waals surface area contributed by atoms with Gasteiger partial charge in [0.15, 0.2) is 11.6 Å². The highest BCUT2D eigenvalue weighted by Crippen LogP contribution is 2.24. The van der Waals surface area contributed by atoms with E-state index in [1.54, 1.807) is 42.1 Å². The molecule has 0 aliphatic heterocycles. The van der Waals surface area contributed by atoms with Crippen LogP contribution in [0.1, 0.15) is 23.4 Å². The average molecular weight is 404 g/mol. The fourth-order valence-electron chi connectivity index (χ4n) is 2.86. The number of ether oxygens (including phenoxy) is 1. The van der Waals surface area contributed by atoms with Gasteiger partial charge in [0, 0.05) is 25.0 Å². The molecule has 3 aromatic heterocycles. The summed E-state index contributed by atoms with van der Waals surface area (Å²) in [5.74, 6) is 0.897. The first-order valence-corrected chi connectivity index (χ1v) is 10.2. The molecule has 4 aromatic rings. The van der Waals surface area contributed by atoms with E-state index in [-0.39, 0.29) is 5.91 Å². The lowest BCUT2D eigenvalue weighted by Gasteiger charge is -2.11. The quantitative estimate of drug-likeness (QED) is 0.463. The molecule has 0 saturated heterocycles. The smallest absolute Gasteiger partial charge is 0.225 e. The predicted molar refractivity (Wildman–Crippen MR) is 114 cm³/mol. The second kappa shape index (κ2) is 9.25. The van der Waals surface area contributed by atoms with E-state index in [0.717, 1.165) is 28.9 Å². The Bertz CT molecular complexity index is 1070. The molecule has 29 heavy (non-hydrogen) atoms. The number of hydrogen-bond acceptors (Lipinski definition) is 6. The van der Waals surface area contributed by atoms with Crippen molar-refractivity contribution in [3.8, 4) is 5.75 Å². The second-order valence-corrected chi connectivity index (χ2v) is 7.59. The van der Waals surface area contributed by atoms with Gasteiger partial charge in [0.1, 0.15) is 6.61 Å². The van der Waals surface area contributed by atoms with Crippen molar-refractivity contribution in [1.82, 2.24) is 15.0 Å². The van der Waals surface area contributed by atoms with Gasteiger partial charge in [0.05, 0.1) is 15.2 Å². The fraction of sp³-hybridized carbons (Fsp3) is 0.182. The number of carbonyl (C=O) groups excluding carboxylic acids is 1. The number of nitrogens with zero attached hydrogens (tertiary/aromatic N) is 3. The highest BCUT2D eigenvalue weighted by molar-refractivity contribution is 7.18. The number of amides is 1. The van der Waals surface area contributed by atoms with Crippen LogP contribution in [-0.4, -0.2) is 20.9 Å². The minimum atomic E-state index is -0.0847. The summed E-state index contributed by atoms with van der Waals surface area (Å²) in [6.45, 7) is 0.384. The summed E-state index contributed by atoms with van der Waals surface area (Å²) in [4.78, 5) is 25.2. The maximum absolute atomic E-state index is 12.4. The van der Waals surface area contributed by atoms with Crippen LogP contribution in [0.2, 0.25) is 0 Å². The van der Waals surface area contributed by atoms with E-state index in [4.69, 9.17) is 4.74 Å². The fourth-order valence-corrected chi connectivity index (χ4v) is 3.87. The molecule has 4 rings (SSSR count). The highest BCUT2D eigenvalue weighted by atomic mass is 32.1. The Morgan fingerprint density at radius 2 is 1.90 bits per heavy atom. The van der Waals surface area contributed by atoms with Gasteiger partial charge in [-0.25, -0.2) is 9.97 Å². The third-order valence-electron chi connectivity index (χ3n) is 4.30. The molecule has 0 radical (unpaired) electrons. The lowest BCUT2D eigenvalue weighted by molar-refractivity contribution is -0.116. The van der Waals surface area contributed by atoms with Crippen LogP contribution in [0, 0.1) is 0 Å². The first-order chi connectivity index (χ1) is 14.3. The second-order valence-electron chi connectivity index (χ2n) is 6.47. The van der Waals surface area contributed by atoms with Crippen molar-refractivity contribution < 1.29 is 9.53 Å². The van der Waals surface area contributed by atoms with Crippen LogP contribution in [0.25, 0.3) is 10.2 Å². The molecule has 0 spiro atoms. The van der Waals surface area contributed by atoms with Crippen molar-refractivity contribution >= 4 is 33.3 Å². The third kappa shape index (κ3) is 5.14. The highest BCUT2D eigenvalue weighted by Gasteiger charge is 2.10. The zero-order valence-electron chi connectivity index (χ0n) is 15.7. The normalized spacial score (nSPS) is 10.8. The Morgan fingerprint density at radius 1 is 1.03 bits per heavy atom. The SMILES string of the molecule is O=C(CCCc1nc2ccccc2s1)Nc1ncccc1OCc1ccncc1. The maximum atomic E-state index is 12.4. The zero-order valence-corrected chi connectivity index (χ0v) is 16.6. The van der Waals surface area contributed by atoms with Gasteiger partial charge in [-0.15, -0.1) is 11.3 Å². The molecule has 0 saturated carbocycles. The van der Waals surface area contributed by atoms with Crippen molar-refractivity contribution in [3.63, 3.8) is 0 Å². The molecule has 0 aliphatic carbocycles. The van der Waals surface area contributed by atoms with E-state index in [1.165, 1.54) is 4.70 Å². The summed E-state index contributed by atoms with van der Waals surface area (Å²) < 4.78 is 7.00. The number of fused-ring (bicyclic) bond motifs is 1. The Balaban J connectivity index is 1.30. The first kappa shape index (κ1) is 19.0. The molecular weight excluding hydrogens is 384 g/mol. The summed E-state index contributed by atoms with van der Waals surface area (Å²) in [5.41, 5.74) is 2.01. The van der Waals surface area contributed by atoms with Gasteiger partial charge in [-0.3, -0.25) is 9.78 Å². The lowest BCUT2D eigenvalue weighted by atomic mass is 10.2. The summed E-state index contributed by atoms with van der Waals surface area (Å²) in [5, 5.41) is 3.91. The molecular formula is C22H20N4O2S. The molecule has 7 heteroatoms. The molecule has 146 valence electrons. The van der Waals surface area contributed by atoms with Crippen molar-refractivity contribution in [2.45, 2.75) is 25.9 Å². The van der Waals surface area contributed by atoms with Crippen molar-refractivity contribution in [2.24, 2.45) is 0 Å². The molecule has 0 unspecified atom stereocenters. The van der Waals surface area contributed by atoms with Gasteiger partial charge >= 0.3 is 0 Å². The summed E-state index contributed by atoms with van der Waals surface area (Å²) in [6, 6.07) is 15.4. The predicted octanol–water partition coefficient (Wildman–Crippen LogP) is 4.63. The van der Waals surface area contributed by atoms with E-state index in [2.05, 4.69) is 26.3 Å². The average Bonchev–Trinajstić information content (AvgIpc) is 3.17. The van der Waals surface area contributed by atoms with Crippen LogP contribution < -0.4 is 10.1 Å². The number of carbonyl (C=O) groups is 1. The minimum absolute atomic E-state index is 0.0847. The summed E-state index contributed by atoms with van der Waals surface area (Å²) in [7, 11) is 0. The Labute approximate surface area is 172 Å². The Hall–Kier alpha value is -3.32. The van der Waals surface area contributed by atoms with Crippen LogP contribution in [0.4, 0.5) is 5.82 Å². The van der Waals surface area contributed by atoms with Gasteiger partial charge in [-0.05, 0) is 54.8 Å². The molecule has 3 heterocycles. The van der Waals surface area contributed by atoms with Gasteiger partial charge in [-0.2, -0.15) is 0 Å². The number of aryl methyl sites for hydroxylation is 1.